The van der Waals surface area contributed by atoms with E-state index < -0.39 is 108 Å². The van der Waals surface area contributed by atoms with Crippen molar-refractivity contribution in [2.24, 2.45) is 22.9 Å². The van der Waals surface area contributed by atoms with Crippen molar-refractivity contribution in [1.82, 2.24) is 58.2 Å². The highest BCUT2D eigenvalue weighted by atomic mass is 16.2. The number of nitrogens with two attached hydrogens (primary N) is 4. The molecular weight excluding hydrogens is 1050 g/mol. The number of fused-ring (bicyclic) bond motifs is 1. The Bertz CT molecular complexity index is 2920. The average molecular weight is 1120 g/mol. The smallest absolute Gasteiger partial charge is 0.248 e. The van der Waals surface area contributed by atoms with Gasteiger partial charge in [0, 0.05) is 68.5 Å². The van der Waals surface area contributed by atoms with Gasteiger partial charge < -0.3 is 81.1 Å². The summed E-state index contributed by atoms with van der Waals surface area (Å²) in [5, 5.41) is 42.4. The van der Waals surface area contributed by atoms with Crippen molar-refractivity contribution in [2.45, 2.75) is 120 Å². The lowest BCUT2D eigenvalue weighted by Gasteiger charge is -2.28. The summed E-state index contributed by atoms with van der Waals surface area (Å²) in [5.41, 5.74) is 24.7. The maximum absolute atomic E-state index is 14.9. The van der Waals surface area contributed by atoms with Crippen LogP contribution in [0.1, 0.15) is 85.3 Å². The molecule has 0 spiro atoms. The van der Waals surface area contributed by atoms with Crippen LogP contribution in [0.25, 0.3) is 10.9 Å². The number of nitrogens with one attached hydrogen (secondary N) is 13. The highest BCUT2D eigenvalue weighted by molar-refractivity contribution is 5.99. The summed E-state index contributed by atoms with van der Waals surface area (Å²) >= 11 is 0. The van der Waals surface area contributed by atoms with Gasteiger partial charge in [0.2, 0.25) is 59.1 Å². The van der Waals surface area contributed by atoms with Gasteiger partial charge in [-0.15, -0.1) is 0 Å². The molecule has 27 nitrogen and oxygen atoms in total. The summed E-state index contributed by atoms with van der Waals surface area (Å²) in [6.07, 6.45) is 1.05. The number of carbonyl (C=O) groups is 10. The largest absolute Gasteiger partial charge is 0.370 e. The molecule has 434 valence electrons. The lowest BCUT2D eigenvalue weighted by molar-refractivity contribution is -0.136. The minimum Gasteiger partial charge on any atom is -0.370 e. The van der Waals surface area contributed by atoms with E-state index in [1.165, 1.54) is 25.1 Å². The van der Waals surface area contributed by atoms with Crippen molar-refractivity contribution in [3.63, 3.8) is 0 Å². The zero-order chi connectivity index (χ0) is 59.0. The van der Waals surface area contributed by atoms with E-state index in [9.17, 15) is 47.9 Å². The van der Waals surface area contributed by atoms with E-state index in [1.54, 1.807) is 48.7 Å². The Morgan fingerprint density at radius 2 is 1.23 bits per heavy atom. The molecule has 2 heterocycles. The summed E-state index contributed by atoms with van der Waals surface area (Å²) in [7, 11) is 0. The number of aromatic nitrogens is 1. The van der Waals surface area contributed by atoms with Gasteiger partial charge in [0.05, 0.1) is 6.42 Å². The van der Waals surface area contributed by atoms with Gasteiger partial charge in [-0.2, -0.15) is 0 Å². The number of rotatable bonds is 19. The maximum atomic E-state index is 14.9. The fourth-order valence-corrected chi connectivity index (χ4v) is 9.01. The summed E-state index contributed by atoms with van der Waals surface area (Å²) in [6, 6.07) is 11.6. The Balaban J connectivity index is 1.59. The van der Waals surface area contributed by atoms with Crippen LogP contribution < -0.4 is 76.1 Å². The molecule has 1 aromatic heterocycles. The molecule has 21 N–H and O–H groups in total. The van der Waals surface area contributed by atoms with E-state index >= 15 is 0 Å². The Morgan fingerprint density at radius 3 is 1.89 bits per heavy atom. The number of benzene rings is 3. The number of H-pyrrole nitrogens is 1. The first-order chi connectivity index (χ1) is 38.7. The molecule has 81 heavy (non-hydrogen) atoms. The first kappa shape index (κ1) is 62.3. The quantitative estimate of drug-likeness (QED) is 0.0261. The van der Waals surface area contributed by atoms with Gasteiger partial charge in [-0.1, -0.05) is 60.7 Å². The predicted molar refractivity (Wildman–Crippen MR) is 299 cm³/mol. The van der Waals surface area contributed by atoms with Crippen molar-refractivity contribution < 1.29 is 47.9 Å². The van der Waals surface area contributed by atoms with Gasteiger partial charge in [-0.25, -0.2) is 0 Å². The highest BCUT2D eigenvalue weighted by Crippen LogP contribution is 2.20. The Morgan fingerprint density at radius 1 is 0.654 bits per heavy atom. The Hall–Kier alpha value is -9.56. The first-order valence-corrected chi connectivity index (χ1v) is 26.5. The van der Waals surface area contributed by atoms with Crippen LogP contribution in [0, 0.1) is 10.8 Å². The number of hydrogen-bond donors (Lipinski definition) is 17. The fraction of sp³-hybridized carbons (Fsp3) is 0.407. The number of aromatic amines is 1. The highest BCUT2D eigenvalue weighted by Gasteiger charge is 2.35. The summed E-state index contributed by atoms with van der Waals surface area (Å²) < 4.78 is 0. The van der Waals surface area contributed by atoms with E-state index in [1.807, 2.05) is 18.2 Å². The zero-order valence-corrected chi connectivity index (χ0v) is 44.9. The SMILES string of the molecule is CC(=O)N[C@@H](CCCNC(=N)N)C(=O)N[C@H]1CC(=O)NCCCC[C@@H](C(N)=O)NC(=O)[C@H](Cc2c[nH]c3ccccc23)NC(=O)[C@H](CCCNC(=N)N)NC(=O)[C@@H](Cc2ccccc2)NC(=O)[C@H](Cc2cccc(C(N)=O)c2)NC1=O. The van der Waals surface area contributed by atoms with Crippen LogP contribution >= 0.6 is 0 Å². The molecule has 0 radical (unpaired) electrons. The van der Waals surface area contributed by atoms with E-state index in [-0.39, 0.29) is 101 Å². The molecule has 3 aromatic carbocycles. The molecule has 0 bridgehead atoms. The maximum Gasteiger partial charge on any atom is 0.248 e. The fourth-order valence-electron chi connectivity index (χ4n) is 9.01. The van der Waals surface area contributed by atoms with Crippen LogP contribution in [0.5, 0.6) is 0 Å². The minimum atomic E-state index is -1.72. The normalized spacial score (nSPS) is 20.3. The lowest BCUT2D eigenvalue weighted by atomic mass is 9.99. The van der Waals surface area contributed by atoms with Crippen molar-refractivity contribution in [1.29, 1.82) is 10.8 Å². The third-order valence-corrected chi connectivity index (χ3v) is 13.2. The number of guanidine groups is 2. The van der Waals surface area contributed by atoms with Gasteiger partial charge in [0.25, 0.3) is 0 Å². The molecule has 5 rings (SSSR count). The second-order valence-corrected chi connectivity index (χ2v) is 19.6. The standard InChI is InChI=1S/C54H73N17O10/c1-30(72)65-38(19-10-22-62-53(57)58)47(76)71-43-28-44(73)61-21-8-7-18-37(46(56)75)66-51(80)42(27-34-29-64-36-17-6-5-16-35(34)36)70-48(77)39(20-11-23-63-54(59)60)67-49(78)40(25-31-12-3-2-4-13-31)68-50(79)41(69-52(43)81)26-32-14-9-15-33(24-32)45(55)74/h2-6,9,12-17,24,29,37-43,64H,7-8,10-11,18-23,25-28H2,1H3,(H2,55,74)(H2,56,75)(H,61,73)(H,65,72)(H,66,80)(H,67,78)(H,68,79)(H,69,81)(H,70,77)(H,71,76)(H4,57,58,62)(H4,59,60,63)/t37-,38-,39-,40+,41-,42-,43-/m0/s1. The lowest BCUT2D eigenvalue weighted by Crippen LogP contribution is -2.61. The third-order valence-electron chi connectivity index (χ3n) is 13.2. The molecule has 7 atom stereocenters. The number of amides is 10. The molecule has 1 aliphatic heterocycles. The average Bonchev–Trinajstić information content (AvgIpc) is 4.11. The van der Waals surface area contributed by atoms with Crippen LogP contribution in [0.3, 0.4) is 0 Å². The number of carbonyl (C=O) groups excluding carboxylic acids is 10. The zero-order valence-electron chi connectivity index (χ0n) is 44.9. The summed E-state index contributed by atoms with van der Waals surface area (Å²) in [6.45, 7) is 1.39. The third kappa shape index (κ3) is 20.6. The molecule has 4 aromatic rings. The molecule has 0 aliphatic carbocycles. The molecule has 0 saturated carbocycles. The summed E-state index contributed by atoms with van der Waals surface area (Å²) in [4.78, 5) is 142. The van der Waals surface area contributed by atoms with Gasteiger partial charge in [-0.05, 0) is 79.8 Å². The molecule has 27 heteroatoms. The molecular formula is C54H73N17O10. The van der Waals surface area contributed by atoms with E-state index in [0.717, 1.165) is 10.9 Å². The van der Waals surface area contributed by atoms with Crippen molar-refractivity contribution in [3.05, 3.63) is 107 Å². The van der Waals surface area contributed by atoms with Gasteiger partial charge in [0.1, 0.15) is 42.3 Å². The van der Waals surface area contributed by atoms with Crippen molar-refractivity contribution in [2.75, 3.05) is 19.6 Å². The molecule has 1 aliphatic rings. The molecule has 10 amide bonds. The number of primary amides is 2. The second-order valence-electron chi connectivity index (χ2n) is 19.6. The predicted octanol–water partition coefficient (Wildman–Crippen LogP) is -2.59. The van der Waals surface area contributed by atoms with E-state index in [0.29, 0.717) is 16.7 Å². The second kappa shape index (κ2) is 31.1. The number of para-hydroxylation sites is 1. The monoisotopic (exact) mass is 1120 g/mol. The van der Waals surface area contributed by atoms with Gasteiger partial charge in [-0.3, -0.25) is 58.8 Å². The Kier molecular flexibility index (Phi) is 23.9. The minimum absolute atomic E-state index is 0.00629. The van der Waals surface area contributed by atoms with Crippen LogP contribution in [0.2, 0.25) is 0 Å². The topological polar surface area (TPSA) is 459 Å². The van der Waals surface area contributed by atoms with Crippen LogP contribution in [-0.4, -0.2) is 138 Å². The van der Waals surface area contributed by atoms with Crippen LogP contribution in [-0.2, 0) is 62.4 Å². The number of hydrogen-bond acceptors (Lipinski definition) is 12. The molecule has 1 saturated heterocycles. The molecule has 0 unspecified atom stereocenters. The first-order valence-electron chi connectivity index (χ1n) is 26.5. The van der Waals surface area contributed by atoms with Crippen molar-refractivity contribution in [3.8, 4) is 0 Å². The Labute approximate surface area is 467 Å². The van der Waals surface area contributed by atoms with Crippen LogP contribution in [0.4, 0.5) is 0 Å². The molecule has 1 fully saturated rings. The van der Waals surface area contributed by atoms with E-state index in [2.05, 4.69) is 58.2 Å². The van der Waals surface area contributed by atoms with E-state index in [4.69, 9.17) is 33.8 Å². The van der Waals surface area contributed by atoms with Gasteiger partial charge >= 0.3 is 0 Å². The van der Waals surface area contributed by atoms with Crippen LogP contribution in [0.15, 0.2) is 85.1 Å². The summed E-state index contributed by atoms with van der Waals surface area (Å²) in [5.74, 6) is -9.10. The van der Waals surface area contributed by atoms with Crippen molar-refractivity contribution >= 4 is 81.9 Å². The van der Waals surface area contributed by atoms with Gasteiger partial charge in [0.15, 0.2) is 11.9 Å².